The number of nitrogen functional groups attached to an aromatic ring is 1. The second kappa shape index (κ2) is 6.80. The van der Waals surface area contributed by atoms with E-state index < -0.39 is 0 Å². The fourth-order valence-corrected chi connectivity index (χ4v) is 2.09. The summed E-state index contributed by atoms with van der Waals surface area (Å²) >= 11 is 0. The Labute approximate surface area is 120 Å². The summed E-state index contributed by atoms with van der Waals surface area (Å²) in [6, 6.07) is 9.99. The van der Waals surface area contributed by atoms with Crippen molar-refractivity contribution in [2.45, 2.75) is 20.4 Å². The molecule has 1 aromatic heterocycles. The van der Waals surface area contributed by atoms with Gasteiger partial charge in [0.2, 0.25) is 0 Å². The molecule has 0 saturated carbocycles. The van der Waals surface area contributed by atoms with Crippen molar-refractivity contribution >= 4 is 11.4 Å². The van der Waals surface area contributed by atoms with Gasteiger partial charge in [-0.25, -0.2) is 0 Å². The van der Waals surface area contributed by atoms with Gasteiger partial charge in [0, 0.05) is 37.2 Å². The lowest BCUT2D eigenvalue weighted by atomic mass is 10.2. The molecule has 4 nitrogen and oxygen atoms in total. The minimum atomic E-state index is 0.615. The van der Waals surface area contributed by atoms with Crippen molar-refractivity contribution in [3.63, 3.8) is 0 Å². The number of pyridine rings is 1. The smallest absolute Gasteiger partial charge is 0.144 e. The van der Waals surface area contributed by atoms with E-state index in [1.165, 1.54) is 5.56 Å². The zero-order valence-corrected chi connectivity index (χ0v) is 12.0. The van der Waals surface area contributed by atoms with Gasteiger partial charge in [-0.05, 0) is 43.7 Å². The molecule has 0 amide bonds. The highest BCUT2D eigenvalue weighted by atomic mass is 16.5. The molecule has 0 bridgehead atoms. The molecule has 106 valence electrons. The van der Waals surface area contributed by atoms with Crippen LogP contribution in [0.25, 0.3) is 0 Å². The molecule has 1 heterocycles. The third-order valence-corrected chi connectivity index (χ3v) is 3.17. The highest BCUT2D eigenvalue weighted by Gasteiger charge is 2.08. The summed E-state index contributed by atoms with van der Waals surface area (Å²) < 4.78 is 5.56. The van der Waals surface area contributed by atoms with E-state index >= 15 is 0 Å². The highest BCUT2D eigenvalue weighted by Crippen LogP contribution is 2.28. The van der Waals surface area contributed by atoms with Crippen LogP contribution in [-0.2, 0) is 6.54 Å². The first-order valence-corrected chi connectivity index (χ1v) is 6.90. The van der Waals surface area contributed by atoms with Gasteiger partial charge < -0.3 is 15.4 Å². The largest absolute Gasteiger partial charge is 0.492 e. The van der Waals surface area contributed by atoms with Crippen molar-refractivity contribution in [2.24, 2.45) is 0 Å². The molecule has 0 aliphatic carbocycles. The van der Waals surface area contributed by atoms with E-state index in [-0.39, 0.29) is 0 Å². The molecule has 0 aliphatic heterocycles. The average molecular weight is 271 g/mol. The molecular formula is C16H21N3O. The van der Waals surface area contributed by atoms with Crippen molar-refractivity contribution in [3.8, 4) is 5.75 Å². The standard InChI is InChI=1S/C16H21N3O/c1-3-19(12-13-7-9-18-10-8-13)14-5-6-15(17)16(11-14)20-4-2/h5-11H,3-4,12,17H2,1-2H3. The van der Waals surface area contributed by atoms with E-state index in [9.17, 15) is 0 Å². The Hall–Kier alpha value is -2.23. The van der Waals surface area contributed by atoms with Crippen molar-refractivity contribution in [1.29, 1.82) is 0 Å². The summed E-state index contributed by atoms with van der Waals surface area (Å²) in [7, 11) is 0. The molecular weight excluding hydrogens is 250 g/mol. The Bertz CT molecular complexity index is 543. The Balaban J connectivity index is 2.21. The second-order valence-corrected chi connectivity index (χ2v) is 4.52. The normalized spacial score (nSPS) is 10.3. The monoisotopic (exact) mass is 271 g/mol. The molecule has 0 fully saturated rings. The Morgan fingerprint density at radius 3 is 2.55 bits per heavy atom. The summed E-state index contributed by atoms with van der Waals surface area (Å²) in [5.74, 6) is 0.748. The zero-order valence-electron chi connectivity index (χ0n) is 12.0. The van der Waals surface area contributed by atoms with E-state index in [2.05, 4.69) is 16.8 Å². The molecule has 0 radical (unpaired) electrons. The lowest BCUT2D eigenvalue weighted by Gasteiger charge is -2.24. The van der Waals surface area contributed by atoms with Crippen LogP contribution in [0.15, 0.2) is 42.7 Å². The van der Waals surface area contributed by atoms with Gasteiger partial charge >= 0.3 is 0 Å². The summed E-state index contributed by atoms with van der Waals surface area (Å²) in [5, 5.41) is 0. The fourth-order valence-electron chi connectivity index (χ4n) is 2.09. The predicted molar refractivity (Wildman–Crippen MR) is 83.0 cm³/mol. The highest BCUT2D eigenvalue weighted by molar-refractivity contribution is 5.62. The van der Waals surface area contributed by atoms with Gasteiger partial charge in [-0.15, -0.1) is 0 Å². The van der Waals surface area contributed by atoms with Crippen LogP contribution in [0, 0.1) is 0 Å². The van der Waals surface area contributed by atoms with E-state index in [4.69, 9.17) is 10.5 Å². The summed E-state index contributed by atoms with van der Waals surface area (Å²) in [5.41, 5.74) is 8.94. The molecule has 20 heavy (non-hydrogen) atoms. The molecule has 2 rings (SSSR count). The number of nitrogens with two attached hydrogens (primary N) is 1. The number of rotatable bonds is 6. The molecule has 4 heteroatoms. The summed E-state index contributed by atoms with van der Waals surface area (Å²) in [6.07, 6.45) is 3.63. The third kappa shape index (κ3) is 3.41. The number of ether oxygens (including phenoxy) is 1. The van der Waals surface area contributed by atoms with E-state index in [0.29, 0.717) is 12.3 Å². The Morgan fingerprint density at radius 2 is 1.90 bits per heavy atom. The van der Waals surface area contributed by atoms with Crippen LogP contribution in [-0.4, -0.2) is 18.1 Å². The second-order valence-electron chi connectivity index (χ2n) is 4.52. The molecule has 0 unspecified atom stereocenters. The van der Waals surface area contributed by atoms with Crippen molar-refractivity contribution in [1.82, 2.24) is 4.98 Å². The molecule has 2 aromatic rings. The first-order chi connectivity index (χ1) is 9.74. The van der Waals surface area contributed by atoms with Crippen LogP contribution in [0.2, 0.25) is 0 Å². The zero-order chi connectivity index (χ0) is 14.4. The van der Waals surface area contributed by atoms with Crippen LogP contribution in [0.3, 0.4) is 0 Å². The Kier molecular flexibility index (Phi) is 4.82. The molecule has 1 aromatic carbocycles. The lowest BCUT2D eigenvalue weighted by Crippen LogP contribution is -2.22. The molecule has 0 aliphatic rings. The van der Waals surface area contributed by atoms with E-state index in [1.807, 2.05) is 49.6 Å². The van der Waals surface area contributed by atoms with Gasteiger partial charge in [0.1, 0.15) is 5.75 Å². The Morgan fingerprint density at radius 1 is 1.15 bits per heavy atom. The van der Waals surface area contributed by atoms with Crippen LogP contribution in [0.4, 0.5) is 11.4 Å². The predicted octanol–water partition coefficient (Wildman–Crippen LogP) is 3.09. The topological polar surface area (TPSA) is 51.4 Å². The maximum atomic E-state index is 5.92. The van der Waals surface area contributed by atoms with Gasteiger partial charge in [-0.2, -0.15) is 0 Å². The van der Waals surface area contributed by atoms with Crippen molar-refractivity contribution in [3.05, 3.63) is 48.3 Å². The number of hydrogen-bond acceptors (Lipinski definition) is 4. The molecule has 2 N–H and O–H groups in total. The van der Waals surface area contributed by atoms with Crippen LogP contribution >= 0.6 is 0 Å². The first-order valence-electron chi connectivity index (χ1n) is 6.90. The number of benzene rings is 1. The number of aromatic nitrogens is 1. The fraction of sp³-hybridized carbons (Fsp3) is 0.312. The van der Waals surface area contributed by atoms with Crippen LogP contribution < -0.4 is 15.4 Å². The first kappa shape index (κ1) is 14.2. The van der Waals surface area contributed by atoms with Crippen LogP contribution in [0.5, 0.6) is 5.75 Å². The average Bonchev–Trinajstić information content (AvgIpc) is 2.48. The third-order valence-electron chi connectivity index (χ3n) is 3.17. The molecule has 0 spiro atoms. The SMILES string of the molecule is CCOc1cc(N(CC)Cc2ccncc2)ccc1N. The van der Waals surface area contributed by atoms with Crippen molar-refractivity contribution < 1.29 is 4.74 Å². The van der Waals surface area contributed by atoms with Gasteiger partial charge in [-0.1, -0.05) is 0 Å². The minimum absolute atomic E-state index is 0.615. The van der Waals surface area contributed by atoms with Gasteiger partial charge in [-0.3, -0.25) is 4.98 Å². The number of anilines is 2. The van der Waals surface area contributed by atoms with Gasteiger partial charge in [0.15, 0.2) is 0 Å². The summed E-state index contributed by atoms with van der Waals surface area (Å²) in [4.78, 5) is 6.32. The summed E-state index contributed by atoms with van der Waals surface area (Å²) in [6.45, 7) is 6.47. The number of hydrogen-bond donors (Lipinski definition) is 1. The molecule has 0 atom stereocenters. The van der Waals surface area contributed by atoms with Gasteiger partial charge in [0.05, 0.1) is 12.3 Å². The van der Waals surface area contributed by atoms with Gasteiger partial charge in [0.25, 0.3) is 0 Å². The maximum Gasteiger partial charge on any atom is 0.144 e. The van der Waals surface area contributed by atoms with E-state index in [0.717, 1.165) is 24.5 Å². The number of nitrogens with zero attached hydrogens (tertiary/aromatic N) is 2. The molecule has 0 saturated heterocycles. The maximum absolute atomic E-state index is 5.92. The minimum Gasteiger partial charge on any atom is -0.492 e. The van der Waals surface area contributed by atoms with Crippen molar-refractivity contribution in [2.75, 3.05) is 23.8 Å². The van der Waals surface area contributed by atoms with Crippen LogP contribution in [0.1, 0.15) is 19.4 Å². The van der Waals surface area contributed by atoms with E-state index in [1.54, 1.807) is 0 Å². The quantitative estimate of drug-likeness (QED) is 0.820. The lowest BCUT2D eigenvalue weighted by molar-refractivity contribution is 0.342.